The molecule has 6 rings (SSSR count). The Morgan fingerprint density at radius 3 is 2.52 bits per heavy atom. The first kappa shape index (κ1) is 21.3. The number of fused-ring (bicyclic) bond motifs is 2. The molecule has 1 saturated heterocycles. The topological polar surface area (TPSA) is 57.9 Å². The third-order valence-corrected chi connectivity index (χ3v) is 8.14. The number of halogens is 4. The first-order valence-electron chi connectivity index (χ1n) is 11.5. The molecule has 0 spiro atoms. The summed E-state index contributed by atoms with van der Waals surface area (Å²) in [5.74, 6) is 0.801. The molecule has 2 aromatic heterocycles. The van der Waals surface area contributed by atoms with Crippen molar-refractivity contribution in [3.63, 3.8) is 0 Å². The normalized spacial score (nSPS) is 29.7. The van der Waals surface area contributed by atoms with E-state index in [1.54, 1.807) is 6.20 Å². The second-order valence-corrected chi connectivity index (χ2v) is 10.5. The highest BCUT2D eigenvalue weighted by Crippen LogP contribution is 2.53. The van der Waals surface area contributed by atoms with Gasteiger partial charge in [-0.3, -0.25) is 14.0 Å². The van der Waals surface area contributed by atoms with Gasteiger partial charge in [-0.1, -0.05) is 11.6 Å². The van der Waals surface area contributed by atoms with Crippen molar-refractivity contribution >= 4 is 29.1 Å². The Kier molecular flexibility index (Phi) is 4.58. The smallest absolute Gasteiger partial charge is 0.336 e. The van der Waals surface area contributed by atoms with Crippen LogP contribution in [0.3, 0.4) is 0 Å². The van der Waals surface area contributed by atoms with Gasteiger partial charge in [-0.15, -0.1) is 0 Å². The standard InChI is InChI=1S/C23H24ClF3N4O2/c1-11-8-30(16-5-13-4-14(13)6-16)18(32)10-29(11)22(33)19-20(24)31-9-15(12-2-3-12)7-17(21(31)28-19)23(25,26)27/h7,9,11-14,16H,2-6,8,10H2,1H3. The molecule has 3 unspecified atom stereocenters. The van der Waals surface area contributed by atoms with E-state index in [1.807, 2.05) is 11.8 Å². The molecule has 6 nitrogen and oxygen atoms in total. The maximum Gasteiger partial charge on any atom is 0.419 e. The number of alkyl halides is 3. The Bertz CT molecular complexity index is 1160. The van der Waals surface area contributed by atoms with Crippen LogP contribution in [0.1, 0.15) is 66.6 Å². The molecule has 3 heterocycles. The van der Waals surface area contributed by atoms with Gasteiger partial charge in [0, 0.05) is 24.8 Å². The van der Waals surface area contributed by atoms with Crippen LogP contribution in [0.2, 0.25) is 5.15 Å². The summed E-state index contributed by atoms with van der Waals surface area (Å²) >= 11 is 6.42. The highest BCUT2D eigenvalue weighted by molar-refractivity contribution is 6.33. The molecule has 0 bridgehead atoms. The zero-order valence-electron chi connectivity index (χ0n) is 18.1. The van der Waals surface area contributed by atoms with Crippen LogP contribution in [0.25, 0.3) is 5.65 Å². The fraction of sp³-hybridized carbons (Fsp3) is 0.609. The zero-order valence-corrected chi connectivity index (χ0v) is 18.9. The summed E-state index contributed by atoms with van der Waals surface area (Å²) < 4.78 is 42.5. The maximum absolute atomic E-state index is 13.8. The Labute approximate surface area is 193 Å². The molecule has 4 fully saturated rings. The van der Waals surface area contributed by atoms with Crippen molar-refractivity contribution in [1.82, 2.24) is 19.2 Å². The van der Waals surface area contributed by atoms with Crippen molar-refractivity contribution in [3.8, 4) is 0 Å². The molecule has 2 aromatic rings. The second-order valence-electron chi connectivity index (χ2n) is 10.1. The third kappa shape index (κ3) is 3.50. The van der Waals surface area contributed by atoms with Crippen LogP contribution in [0, 0.1) is 11.8 Å². The van der Waals surface area contributed by atoms with Crippen LogP contribution in [0.4, 0.5) is 13.2 Å². The average molecular weight is 481 g/mol. The van der Waals surface area contributed by atoms with Gasteiger partial charge in [-0.05, 0) is 68.4 Å². The van der Waals surface area contributed by atoms with Crippen molar-refractivity contribution in [2.45, 2.75) is 63.2 Å². The van der Waals surface area contributed by atoms with Gasteiger partial charge in [0.15, 0.2) is 11.3 Å². The van der Waals surface area contributed by atoms with E-state index >= 15 is 0 Å². The number of hydrogen-bond donors (Lipinski definition) is 0. The lowest BCUT2D eigenvalue weighted by atomic mass is 10.1. The van der Waals surface area contributed by atoms with Gasteiger partial charge in [0.05, 0.1) is 5.56 Å². The second kappa shape index (κ2) is 7.10. The van der Waals surface area contributed by atoms with E-state index < -0.39 is 17.6 Å². The Hall–Kier alpha value is -2.29. The van der Waals surface area contributed by atoms with Crippen LogP contribution in [-0.2, 0) is 11.0 Å². The molecule has 0 aromatic carbocycles. The minimum atomic E-state index is -4.63. The molecule has 1 aliphatic heterocycles. The maximum atomic E-state index is 13.8. The molecule has 3 saturated carbocycles. The SMILES string of the molecule is CC1CN(C2CC3CC3C2)C(=O)CN1C(=O)c1nc2c(C(F)(F)F)cc(C3CC3)cn2c1Cl. The van der Waals surface area contributed by atoms with E-state index in [-0.39, 0.29) is 46.9 Å². The quantitative estimate of drug-likeness (QED) is 0.656. The minimum absolute atomic E-state index is 0.0699. The Morgan fingerprint density at radius 2 is 1.88 bits per heavy atom. The van der Waals surface area contributed by atoms with Crippen molar-refractivity contribution in [3.05, 3.63) is 34.2 Å². The van der Waals surface area contributed by atoms with Crippen LogP contribution in [0.5, 0.6) is 0 Å². The number of pyridine rings is 1. The van der Waals surface area contributed by atoms with Crippen molar-refractivity contribution in [2.24, 2.45) is 11.8 Å². The molecule has 10 heteroatoms. The van der Waals surface area contributed by atoms with E-state index in [9.17, 15) is 22.8 Å². The monoisotopic (exact) mass is 480 g/mol. The van der Waals surface area contributed by atoms with Crippen LogP contribution in [0.15, 0.2) is 12.3 Å². The minimum Gasteiger partial charge on any atom is -0.336 e. The van der Waals surface area contributed by atoms with Crippen molar-refractivity contribution in [2.75, 3.05) is 13.1 Å². The van der Waals surface area contributed by atoms with Crippen LogP contribution < -0.4 is 0 Å². The number of piperazine rings is 1. The van der Waals surface area contributed by atoms with Gasteiger partial charge in [0.1, 0.15) is 11.7 Å². The van der Waals surface area contributed by atoms with Gasteiger partial charge in [-0.2, -0.15) is 13.2 Å². The van der Waals surface area contributed by atoms with E-state index in [2.05, 4.69) is 4.98 Å². The van der Waals surface area contributed by atoms with E-state index in [0.29, 0.717) is 12.1 Å². The molecule has 0 N–H and O–H groups in total. The van der Waals surface area contributed by atoms with E-state index in [1.165, 1.54) is 15.7 Å². The average Bonchev–Trinajstić information content (AvgIpc) is 3.68. The summed E-state index contributed by atoms with van der Waals surface area (Å²) in [6.45, 7) is 2.15. The highest BCUT2D eigenvalue weighted by atomic mass is 35.5. The highest BCUT2D eigenvalue weighted by Gasteiger charge is 2.50. The van der Waals surface area contributed by atoms with Gasteiger partial charge >= 0.3 is 6.18 Å². The lowest BCUT2D eigenvalue weighted by molar-refractivity contribution is -0.139. The molecule has 0 radical (unpaired) electrons. The lowest BCUT2D eigenvalue weighted by Gasteiger charge is -2.42. The van der Waals surface area contributed by atoms with Crippen LogP contribution >= 0.6 is 11.6 Å². The van der Waals surface area contributed by atoms with Gasteiger partial charge in [0.2, 0.25) is 5.91 Å². The molecule has 2 amide bonds. The first-order chi connectivity index (χ1) is 15.6. The number of nitrogens with zero attached hydrogens (tertiary/aromatic N) is 4. The number of amides is 2. The summed E-state index contributed by atoms with van der Waals surface area (Å²) in [4.78, 5) is 33.5. The molecule has 3 atom stereocenters. The summed E-state index contributed by atoms with van der Waals surface area (Å²) in [6, 6.07) is 1.06. The van der Waals surface area contributed by atoms with Gasteiger partial charge < -0.3 is 9.80 Å². The molecule has 3 aliphatic carbocycles. The molecular weight excluding hydrogens is 457 g/mol. The number of hydrogen-bond acceptors (Lipinski definition) is 3. The number of carbonyl (C=O) groups is 2. The van der Waals surface area contributed by atoms with Gasteiger partial charge in [-0.25, -0.2) is 4.98 Å². The van der Waals surface area contributed by atoms with Crippen LogP contribution in [-0.4, -0.2) is 56.2 Å². The fourth-order valence-corrected chi connectivity index (χ4v) is 5.95. The van der Waals surface area contributed by atoms with Crippen molar-refractivity contribution in [1.29, 1.82) is 0 Å². The Balaban J connectivity index is 1.31. The summed E-state index contributed by atoms with van der Waals surface area (Å²) in [5.41, 5.74) is -0.991. The summed E-state index contributed by atoms with van der Waals surface area (Å²) in [6.07, 6.45) is 1.89. The predicted octanol–water partition coefficient (Wildman–Crippen LogP) is 4.36. The zero-order chi connectivity index (χ0) is 23.2. The molecule has 176 valence electrons. The predicted molar refractivity (Wildman–Crippen MR) is 114 cm³/mol. The van der Waals surface area contributed by atoms with E-state index in [0.717, 1.165) is 43.6 Å². The lowest BCUT2D eigenvalue weighted by Crippen LogP contribution is -2.59. The number of rotatable bonds is 3. The number of carbonyl (C=O) groups excluding carboxylic acids is 2. The summed E-state index contributed by atoms with van der Waals surface area (Å²) in [7, 11) is 0. The molecule has 33 heavy (non-hydrogen) atoms. The summed E-state index contributed by atoms with van der Waals surface area (Å²) in [5, 5.41) is -0.152. The molecular formula is C23H24ClF3N4O2. The fourth-order valence-electron chi connectivity index (χ4n) is 5.70. The van der Waals surface area contributed by atoms with E-state index in [4.69, 9.17) is 11.6 Å². The third-order valence-electron chi connectivity index (χ3n) is 7.78. The number of imidazole rings is 1. The largest absolute Gasteiger partial charge is 0.419 e. The molecule has 4 aliphatic rings. The van der Waals surface area contributed by atoms with Crippen molar-refractivity contribution < 1.29 is 22.8 Å². The Morgan fingerprint density at radius 1 is 1.18 bits per heavy atom. The van der Waals surface area contributed by atoms with Gasteiger partial charge in [0.25, 0.3) is 5.91 Å². The first-order valence-corrected chi connectivity index (χ1v) is 11.9. The number of aromatic nitrogens is 2.